The van der Waals surface area contributed by atoms with Gasteiger partial charge >= 0.3 is 6.03 Å². The van der Waals surface area contributed by atoms with Gasteiger partial charge in [0.2, 0.25) is 0 Å². The normalized spacial score (nSPS) is 14.2. The highest BCUT2D eigenvalue weighted by molar-refractivity contribution is 5.94. The zero-order chi connectivity index (χ0) is 17.1. The van der Waals surface area contributed by atoms with Crippen molar-refractivity contribution in [1.82, 2.24) is 5.32 Å². The molecule has 2 amide bonds. The number of phenols is 1. The molecule has 3 N–H and O–H groups in total. The van der Waals surface area contributed by atoms with Gasteiger partial charge in [0.15, 0.2) is 0 Å². The summed E-state index contributed by atoms with van der Waals surface area (Å²) in [5.74, 6) is 0.262. The molecule has 0 aliphatic carbocycles. The van der Waals surface area contributed by atoms with Crippen molar-refractivity contribution in [3.63, 3.8) is 0 Å². The summed E-state index contributed by atoms with van der Waals surface area (Å²) in [4.78, 5) is 14.0. The van der Waals surface area contributed by atoms with Gasteiger partial charge in [0.25, 0.3) is 0 Å². The van der Waals surface area contributed by atoms with E-state index in [1.54, 1.807) is 17.0 Å². The number of rotatable bonds is 4. The van der Waals surface area contributed by atoms with E-state index in [4.69, 9.17) is 0 Å². The quantitative estimate of drug-likeness (QED) is 0.804. The van der Waals surface area contributed by atoms with E-state index in [1.807, 2.05) is 38.1 Å². The van der Waals surface area contributed by atoms with Gasteiger partial charge in [-0.1, -0.05) is 18.2 Å². The summed E-state index contributed by atoms with van der Waals surface area (Å²) >= 11 is 0. The first-order valence-electron chi connectivity index (χ1n) is 8.32. The van der Waals surface area contributed by atoms with Crippen LogP contribution in [0.3, 0.4) is 0 Å². The predicted molar refractivity (Wildman–Crippen MR) is 96.7 cm³/mol. The fraction of sp³-hybridized carbons (Fsp3) is 0.316. The van der Waals surface area contributed by atoms with Gasteiger partial charge in [-0.15, -0.1) is 0 Å². The fourth-order valence-electron chi connectivity index (χ4n) is 3.05. The van der Waals surface area contributed by atoms with Crippen LogP contribution in [-0.4, -0.2) is 24.2 Å². The lowest BCUT2D eigenvalue weighted by Gasteiger charge is -2.20. The van der Waals surface area contributed by atoms with Gasteiger partial charge in [-0.2, -0.15) is 0 Å². The second-order valence-electron chi connectivity index (χ2n) is 6.04. The number of carbonyl (C=O) groups excluding carboxylic acids is 1. The molecular formula is C19H23N3O2. The number of hydrogen-bond donors (Lipinski definition) is 3. The lowest BCUT2D eigenvalue weighted by molar-refractivity contribution is 0.247. The van der Waals surface area contributed by atoms with Crippen molar-refractivity contribution in [2.24, 2.45) is 0 Å². The molecular weight excluding hydrogens is 302 g/mol. The molecule has 1 aliphatic rings. The molecule has 0 spiro atoms. The van der Waals surface area contributed by atoms with E-state index in [0.717, 1.165) is 23.4 Å². The Labute approximate surface area is 142 Å². The smallest absolute Gasteiger partial charge is 0.321 e. The maximum absolute atomic E-state index is 12.2. The van der Waals surface area contributed by atoms with Gasteiger partial charge in [0, 0.05) is 24.8 Å². The van der Waals surface area contributed by atoms with E-state index in [1.165, 1.54) is 5.56 Å². The number of amides is 2. The highest BCUT2D eigenvalue weighted by Gasteiger charge is 2.24. The number of hydrogen-bond acceptors (Lipinski definition) is 3. The maximum atomic E-state index is 12.2. The van der Waals surface area contributed by atoms with Crippen LogP contribution in [0.4, 0.5) is 16.2 Å². The number of fused-ring (bicyclic) bond motifs is 1. The van der Waals surface area contributed by atoms with Crippen molar-refractivity contribution in [3.8, 4) is 5.75 Å². The molecule has 5 nitrogen and oxygen atoms in total. The van der Waals surface area contributed by atoms with E-state index < -0.39 is 0 Å². The van der Waals surface area contributed by atoms with E-state index in [0.29, 0.717) is 13.1 Å². The predicted octanol–water partition coefficient (Wildman–Crippen LogP) is 3.66. The number of anilines is 2. The Morgan fingerprint density at radius 1 is 1.29 bits per heavy atom. The Balaban J connectivity index is 1.78. The SMILES string of the molecule is CCNC(=O)N1CCc2ccc(N[C@H](C)c3cccc(O)c3)cc21. The molecule has 1 atom stereocenters. The molecule has 1 heterocycles. The molecule has 5 heteroatoms. The first-order valence-corrected chi connectivity index (χ1v) is 8.32. The van der Waals surface area contributed by atoms with Crippen LogP contribution in [0.25, 0.3) is 0 Å². The monoisotopic (exact) mass is 325 g/mol. The van der Waals surface area contributed by atoms with Crippen molar-refractivity contribution in [3.05, 3.63) is 53.6 Å². The number of phenolic OH excluding ortho intramolecular Hbond substituents is 1. The molecule has 0 fully saturated rings. The Morgan fingerprint density at radius 2 is 2.12 bits per heavy atom. The van der Waals surface area contributed by atoms with Gasteiger partial charge in [-0.25, -0.2) is 4.79 Å². The lowest BCUT2D eigenvalue weighted by atomic mass is 10.1. The van der Waals surface area contributed by atoms with Gasteiger partial charge in [0.05, 0.1) is 5.69 Å². The van der Waals surface area contributed by atoms with Crippen LogP contribution < -0.4 is 15.5 Å². The van der Waals surface area contributed by atoms with Gasteiger partial charge in [-0.05, 0) is 55.7 Å². The molecule has 0 bridgehead atoms. The van der Waals surface area contributed by atoms with Gasteiger partial charge in [-0.3, -0.25) is 4.90 Å². The summed E-state index contributed by atoms with van der Waals surface area (Å²) in [6.45, 7) is 5.30. The van der Waals surface area contributed by atoms with Crippen LogP contribution >= 0.6 is 0 Å². The minimum Gasteiger partial charge on any atom is -0.508 e. The first-order chi connectivity index (χ1) is 11.6. The minimum absolute atomic E-state index is 0.0468. The van der Waals surface area contributed by atoms with Crippen molar-refractivity contribution >= 4 is 17.4 Å². The molecule has 24 heavy (non-hydrogen) atoms. The van der Waals surface area contributed by atoms with Crippen molar-refractivity contribution < 1.29 is 9.90 Å². The van der Waals surface area contributed by atoms with Crippen LogP contribution in [0.2, 0.25) is 0 Å². The summed E-state index contributed by atoms with van der Waals surface area (Å²) in [7, 11) is 0. The second-order valence-corrected chi connectivity index (χ2v) is 6.04. The topological polar surface area (TPSA) is 64.6 Å². The number of benzene rings is 2. The fourth-order valence-corrected chi connectivity index (χ4v) is 3.05. The molecule has 2 aromatic carbocycles. The zero-order valence-corrected chi connectivity index (χ0v) is 14.0. The van der Waals surface area contributed by atoms with Crippen LogP contribution in [0.1, 0.15) is 31.0 Å². The Morgan fingerprint density at radius 3 is 2.88 bits per heavy atom. The molecule has 0 unspecified atom stereocenters. The van der Waals surface area contributed by atoms with E-state index in [-0.39, 0.29) is 17.8 Å². The lowest BCUT2D eigenvalue weighted by Crippen LogP contribution is -2.38. The van der Waals surface area contributed by atoms with Crippen LogP contribution in [0, 0.1) is 0 Å². The molecule has 2 aromatic rings. The largest absolute Gasteiger partial charge is 0.508 e. The number of urea groups is 1. The first kappa shape index (κ1) is 16.2. The second kappa shape index (κ2) is 6.83. The van der Waals surface area contributed by atoms with Gasteiger partial charge in [0.1, 0.15) is 5.75 Å². The Bertz CT molecular complexity index is 745. The maximum Gasteiger partial charge on any atom is 0.321 e. The number of nitrogens with one attached hydrogen (secondary N) is 2. The highest BCUT2D eigenvalue weighted by Crippen LogP contribution is 2.32. The van der Waals surface area contributed by atoms with Crippen LogP contribution in [-0.2, 0) is 6.42 Å². The third-order valence-corrected chi connectivity index (χ3v) is 4.31. The summed E-state index contributed by atoms with van der Waals surface area (Å²) in [5.41, 5.74) is 4.13. The molecule has 126 valence electrons. The molecule has 0 aromatic heterocycles. The molecule has 0 saturated carbocycles. The molecule has 3 rings (SSSR count). The van der Waals surface area contributed by atoms with Crippen LogP contribution in [0.15, 0.2) is 42.5 Å². The zero-order valence-electron chi connectivity index (χ0n) is 14.0. The summed E-state index contributed by atoms with van der Waals surface area (Å²) in [6, 6.07) is 13.4. The standard InChI is InChI=1S/C19H23N3O2/c1-3-20-19(24)22-10-9-14-7-8-16(12-18(14)22)21-13(2)15-5-4-6-17(23)11-15/h4-8,11-13,21,23H,3,9-10H2,1-2H3,(H,20,24)/t13-/m1/s1. The molecule has 1 aliphatic heterocycles. The molecule has 0 radical (unpaired) electrons. The molecule has 0 saturated heterocycles. The van der Waals surface area contributed by atoms with E-state index in [9.17, 15) is 9.90 Å². The van der Waals surface area contributed by atoms with Crippen LogP contribution in [0.5, 0.6) is 5.75 Å². The van der Waals surface area contributed by atoms with Crippen molar-refractivity contribution in [1.29, 1.82) is 0 Å². The Kier molecular flexibility index (Phi) is 4.60. The average molecular weight is 325 g/mol. The number of nitrogens with zero attached hydrogens (tertiary/aromatic N) is 1. The third-order valence-electron chi connectivity index (χ3n) is 4.31. The van der Waals surface area contributed by atoms with Gasteiger partial charge < -0.3 is 15.7 Å². The van der Waals surface area contributed by atoms with Crippen molar-refractivity contribution in [2.45, 2.75) is 26.3 Å². The highest BCUT2D eigenvalue weighted by atomic mass is 16.3. The number of aromatic hydroxyl groups is 1. The van der Waals surface area contributed by atoms with E-state index in [2.05, 4.69) is 16.7 Å². The average Bonchev–Trinajstić information content (AvgIpc) is 2.98. The number of carbonyl (C=O) groups is 1. The summed E-state index contributed by atoms with van der Waals surface area (Å²) < 4.78 is 0. The third kappa shape index (κ3) is 3.30. The minimum atomic E-state index is -0.0468. The summed E-state index contributed by atoms with van der Waals surface area (Å²) in [6.07, 6.45) is 0.884. The summed E-state index contributed by atoms with van der Waals surface area (Å²) in [5, 5.41) is 15.9. The van der Waals surface area contributed by atoms with E-state index >= 15 is 0 Å². The van der Waals surface area contributed by atoms with Crippen molar-refractivity contribution in [2.75, 3.05) is 23.3 Å². The Hall–Kier alpha value is -2.69.